The molecule has 1 aliphatic heterocycles. The summed E-state index contributed by atoms with van der Waals surface area (Å²) >= 11 is 6.23. The second-order valence-corrected chi connectivity index (χ2v) is 8.05. The number of hydrogen-bond donors (Lipinski definition) is 1. The van der Waals surface area contributed by atoms with Gasteiger partial charge in [0.15, 0.2) is 6.61 Å². The average molecular weight is 485 g/mol. The molecule has 1 aliphatic carbocycles. The van der Waals surface area contributed by atoms with Gasteiger partial charge in [0, 0.05) is 24.7 Å². The zero-order valence-corrected chi connectivity index (χ0v) is 17.3. The first-order valence-electron chi connectivity index (χ1n) is 9.64. The predicted octanol–water partition coefficient (Wildman–Crippen LogP) is 5.95. The van der Waals surface area contributed by atoms with Crippen LogP contribution in [0, 0.1) is 0 Å². The molecule has 0 amide bonds. The minimum absolute atomic E-state index is 0.0950. The van der Waals surface area contributed by atoms with E-state index in [0.717, 1.165) is 12.2 Å². The molecule has 32 heavy (non-hydrogen) atoms. The van der Waals surface area contributed by atoms with E-state index in [9.17, 15) is 36.2 Å². The van der Waals surface area contributed by atoms with E-state index in [2.05, 4.69) is 0 Å². The van der Waals surface area contributed by atoms with Crippen molar-refractivity contribution in [2.75, 3.05) is 19.8 Å². The van der Waals surface area contributed by atoms with E-state index in [4.69, 9.17) is 21.1 Å². The van der Waals surface area contributed by atoms with Crippen LogP contribution in [0.15, 0.2) is 35.9 Å². The first-order chi connectivity index (χ1) is 14.8. The minimum atomic E-state index is -4.67. The quantitative estimate of drug-likeness (QED) is 0.525. The Hall–Kier alpha value is -2.20. The van der Waals surface area contributed by atoms with Crippen molar-refractivity contribution in [2.45, 2.75) is 42.9 Å². The van der Waals surface area contributed by atoms with Crippen LogP contribution >= 0.6 is 11.6 Å². The van der Waals surface area contributed by atoms with Gasteiger partial charge in [-0.15, -0.1) is 0 Å². The van der Waals surface area contributed by atoms with Crippen LogP contribution in [0.3, 0.4) is 0 Å². The van der Waals surface area contributed by atoms with Crippen molar-refractivity contribution in [1.82, 2.24) is 0 Å². The monoisotopic (exact) mass is 484 g/mol. The molecule has 1 aromatic rings. The third-order valence-corrected chi connectivity index (χ3v) is 5.87. The lowest BCUT2D eigenvalue weighted by Crippen LogP contribution is -2.41. The fourth-order valence-electron chi connectivity index (χ4n) is 3.88. The van der Waals surface area contributed by atoms with Crippen LogP contribution in [0.1, 0.15) is 36.3 Å². The van der Waals surface area contributed by atoms with Gasteiger partial charge >= 0.3 is 18.3 Å². The van der Waals surface area contributed by atoms with Gasteiger partial charge in [-0.25, -0.2) is 0 Å². The molecule has 1 saturated heterocycles. The van der Waals surface area contributed by atoms with E-state index in [1.165, 1.54) is 18.2 Å². The Morgan fingerprint density at radius 3 is 2.34 bits per heavy atom. The summed E-state index contributed by atoms with van der Waals surface area (Å²) < 4.78 is 87.3. The molecule has 1 heterocycles. The fourth-order valence-corrected chi connectivity index (χ4v) is 4.16. The normalized spacial score (nSPS) is 21.2. The highest BCUT2D eigenvalue weighted by molar-refractivity contribution is 6.32. The first kappa shape index (κ1) is 24.4. The number of hydrogen-bond acceptors (Lipinski definition) is 3. The molecule has 1 atom stereocenters. The third kappa shape index (κ3) is 5.23. The highest BCUT2D eigenvalue weighted by Gasteiger charge is 2.43. The largest absolute Gasteiger partial charge is 0.482 e. The standard InChI is InChI=1S/C21H19ClF6O4/c22-16-10-14(19(18(29)30)5-7-31-8-6-19)9-15(17(16)32-11-20(23,24)25)12-1-3-13(4-2-12)21(26,27)28/h1,3-4,9-10,12H,2,5-8,11H2,(H,29,30). The third-order valence-electron chi connectivity index (χ3n) is 5.59. The van der Waals surface area contributed by atoms with Crippen molar-refractivity contribution in [1.29, 1.82) is 0 Å². The van der Waals surface area contributed by atoms with Crippen LogP contribution in [-0.4, -0.2) is 43.2 Å². The van der Waals surface area contributed by atoms with Crippen molar-refractivity contribution in [3.05, 3.63) is 52.1 Å². The predicted molar refractivity (Wildman–Crippen MR) is 103 cm³/mol. The SMILES string of the molecule is O=C(O)C1(c2cc(Cl)c(OCC(F)(F)F)c(C3C=CC(C(F)(F)F)=CC3)c2)CCOCC1. The van der Waals surface area contributed by atoms with Crippen LogP contribution < -0.4 is 4.74 Å². The van der Waals surface area contributed by atoms with Gasteiger partial charge in [0.25, 0.3) is 0 Å². The molecule has 0 saturated carbocycles. The molecular formula is C21H19ClF6O4. The molecule has 1 aromatic carbocycles. The summed E-state index contributed by atoms with van der Waals surface area (Å²) in [5.41, 5.74) is -1.92. The lowest BCUT2D eigenvalue weighted by atomic mass is 9.73. The number of ether oxygens (including phenoxy) is 2. The maximum absolute atomic E-state index is 12.9. The molecule has 4 nitrogen and oxygen atoms in total. The summed E-state index contributed by atoms with van der Waals surface area (Å²) in [5, 5.41) is 9.67. The maximum Gasteiger partial charge on any atom is 0.422 e. The summed E-state index contributed by atoms with van der Waals surface area (Å²) in [7, 11) is 0. The fraction of sp³-hybridized carbons (Fsp3) is 0.476. The first-order valence-corrected chi connectivity index (χ1v) is 10.0. The number of carboxylic acids is 1. The molecule has 1 N–H and O–H groups in total. The minimum Gasteiger partial charge on any atom is -0.482 e. The molecule has 176 valence electrons. The van der Waals surface area contributed by atoms with Gasteiger partial charge in [0.1, 0.15) is 5.75 Å². The highest BCUT2D eigenvalue weighted by Crippen LogP contribution is 2.45. The molecule has 3 rings (SSSR count). The molecular weight excluding hydrogens is 466 g/mol. The van der Waals surface area contributed by atoms with Crippen molar-refractivity contribution < 1.29 is 45.7 Å². The zero-order chi connectivity index (χ0) is 23.7. The molecule has 1 fully saturated rings. The second-order valence-electron chi connectivity index (χ2n) is 7.64. The smallest absolute Gasteiger partial charge is 0.422 e. The van der Waals surface area contributed by atoms with E-state index < -0.39 is 41.8 Å². The Labute approximate surface area is 184 Å². The lowest BCUT2D eigenvalue weighted by Gasteiger charge is -2.35. The number of carboxylic acid groups (broad SMARTS) is 1. The zero-order valence-electron chi connectivity index (χ0n) is 16.5. The van der Waals surface area contributed by atoms with E-state index in [1.54, 1.807) is 0 Å². The van der Waals surface area contributed by atoms with Gasteiger partial charge in [-0.2, -0.15) is 26.3 Å². The van der Waals surface area contributed by atoms with E-state index in [1.807, 2.05) is 0 Å². The summed E-state index contributed by atoms with van der Waals surface area (Å²) in [6.07, 6.45) is -6.21. The Bertz CT molecular complexity index is 929. The van der Waals surface area contributed by atoms with E-state index >= 15 is 0 Å². The Kier molecular flexibility index (Phi) is 6.86. The topological polar surface area (TPSA) is 55.8 Å². The molecule has 11 heteroatoms. The summed E-state index contributed by atoms with van der Waals surface area (Å²) in [6.45, 7) is -1.34. The molecule has 1 unspecified atom stereocenters. The van der Waals surface area contributed by atoms with Crippen LogP contribution in [-0.2, 0) is 14.9 Å². The molecule has 0 radical (unpaired) electrons. The maximum atomic E-state index is 12.9. The Balaban J connectivity index is 2.07. The Morgan fingerprint density at radius 2 is 1.84 bits per heavy atom. The number of rotatable bonds is 5. The number of alkyl halides is 6. The molecule has 0 aromatic heterocycles. The molecule has 2 aliphatic rings. The van der Waals surface area contributed by atoms with Gasteiger partial charge < -0.3 is 14.6 Å². The van der Waals surface area contributed by atoms with Crippen molar-refractivity contribution in [2.24, 2.45) is 0 Å². The van der Waals surface area contributed by atoms with E-state index in [0.29, 0.717) is 0 Å². The van der Waals surface area contributed by atoms with Crippen LogP contribution in [0.2, 0.25) is 5.02 Å². The number of benzene rings is 1. The number of halogens is 7. The van der Waals surface area contributed by atoms with E-state index in [-0.39, 0.29) is 54.4 Å². The highest BCUT2D eigenvalue weighted by atomic mass is 35.5. The van der Waals surface area contributed by atoms with Gasteiger partial charge in [-0.3, -0.25) is 4.79 Å². The van der Waals surface area contributed by atoms with Crippen molar-refractivity contribution >= 4 is 17.6 Å². The summed E-state index contributed by atoms with van der Waals surface area (Å²) in [6, 6.07) is 2.62. The lowest BCUT2D eigenvalue weighted by molar-refractivity contribution is -0.153. The van der Waals surface area contributed by atoms with Gasteiger partial charge in [0.2, 0.25) is 0 Å². The average Bonchev–Trinajstić information content (AvgIpc) is 2.71. The summed E-state index contributed by atoms with van der Waals surface area (Å²) in [4.78, 5) is 12.1. The van der Waals surface area contributed by atoms with Crippen LogP contribution in [0.4, 0.5) is 26.3 Å². The van der Waals surface area contributed by atoms with Gasteiger partial charge in [0.05, 0.1) is 16.0 Å². The van der Waals surface area contributed by atoms with Gasteiger partial charge in [-0.1, -0.05) is 35.9 Å². The molecule has 0 spiro atoms. The number of carbonyl (C=O) groups is 1. The van der Waals surface area contributed by atoms with Crippen molar-refractivity contribution in [3.63, 3.8) is 0 Å². The van der Waals surface area contributed by atoms with Crippen LogP contribution in [0.25, 0.3) is 0 Å². The number of aliphatic carboxylic acids is 1. The second kappa shape index (κ2) is 8.97. The number of allylic oxidation sites excluding steroid dienone is 4. The van der Waals surface area contributed by atoms with Crippen molar-refractivity contribution in [3.8, 4) is 5.75 Å². The van der Waals surface area contributed by atoms with Crippen LogP contribution in [0.5, 0.6) is 5.75 Å². The Morgan fingerprint density at radius 1 is 1.19 bits per heavy atom. The van der Waals surface area contributed by atoms with Gasteiger partial charge in [-0.05, 0) is 30.9 Å². The molecule has 0 bridgehead atoms. The summed E-state index contributed by atoms with van der Waals surface area (Å²) in [5.74, 6) is -2.27.